The predicted molar refractivity (Wildman–Crippen MR) is 104 cm³/mol. The van der Waals surface area contributed by atoms with Crippen molar-refractivity contribution in [3.63, 3.8) is 0 Å². The van der Waals surface area contributed by atoms with E-state index in [4.69, 9.17) is 21.1 Å². The molecular weight excluding hydrogens is 424 g/mol. The van der Waals surface area contributed by atoms with Gasteiger partial charge in [0, 0.05) is 15.1 Å². The molecule has 0 spiro atoms. The third-order valence-electron chi connectivity index (χ3n) is 3.26. The molecule has 0 aliphatic carbocycles. The molecule has 0 saturated carbocycles. The second-order valence-corrected chi connectivity index (χ2v) is 6.59. The topological polar surface area (TPSA) is 80.2 Å². The second kappa shape index (κ2) is 9.45. The van der Waals surface area contributed by atoms with E-state index in [9.17, 15) is 9.90 Å². The molecule has 0 atom stereocenters. The first-order chi connectivity index (χ1) is 12.4. The third kappa shape index (κ3) is 5.64. The lowest BCUT2D eigenvalue weighted by molar-refractivity contribution is -0.123. The molecular formula is C18H18BrClN2O4. The molecule has 8 heteroatoms. The molecule has 0 radical (unpaired) electrons. The highest BCUT2D eigenvalue weighted by molar-refractivity contribution is 9.10. The van der Waals surface area contributed by atoms with Crippen LogP contribution < -0.4 is 14.9 Å². The summed E-state index contributed by atoms with van der Waals surface area (Å²) in [6, 6.07) is 8.43. The predicted octanol–water partition coefficient (Wildman–Crippen LogP) is 4.04. The average Bonchev–Trinajstić information content (AvgIpc) is 2.60. The monoisotopic (exact) mass is 440 g/mol. The molecule has 0 aliphatic heterocycles. The first kappa shape index (κ1) is 20.1. The number of hydrogen-bond donors (Lipinski definition) is 2. The number of nitrogens with zero attached hydrogens (tertiary/aromatic N) is 1. The average molecular weight is 442 g/mol. The summed E-state index contributed by atoms with van der Waals surface area (Å²) in [4.78, 5) is 11.8. The van der Waals surface area contributed by atoms with Crippen molar-refractivity contribution in [2.75, 3.05) is 13.2 Å². The molecule has 6 nitrogen and oxygen atoms in total. The van der Waals surface area contributed by atoms with Gasteiger partial charge in [-0.25, -0.2) is 5.43 Å². The fourth-order valence-corrected chi connectivity index (χ4v) is 2.59. The van der Waals surface area contributed by atoms with Gasteiger partial charge in [-0.15, -0.1) is 0 Å². The molecule has 0 fully saturated rings. The van der Waals surface area contributed by atoms with Crippen LogP contribution >= 0.6 is 27.5 Å². The van der Waals surface area contributed by atoms with Crippen molar-refractivity contribution in [2.45, 2.75) is 13.8 Å². The molecule has 2 N–H and O–H groups in total. The van der Waals surface area contributed by atoms with Gasteiger partial charge >= 0.3 is 0 Å². The van der Waals surface area contributed by atoms with E-state index in [1.165, 1.54) is 6.21 Å². The molecule has 2 rings (SSSR count). The number of halogens is 2. The van der Waals surface area contributed by atoms with E-state index < -0.39 is 5.91 Å². The number of amides is 1. The van der Waals surface area contributed by atoms with Crippen molar-refractivity contribution >= 4 is 39.7 Å². The van der Waals surface area contributed by atoms with E-state index in [1.54, 1.807) is 30.3 Å². The number of aromatic hydroxyl groups is 1. The minimum atomic E-state index is -0.437. The molecule has 2 aromatic carbocycles. The summed E-state index contributed by atoms with van der Waals surface area (Å²) < 4.78 is 11.4. The summed E-state index contributed by atoms with van der Waals surface area (Å²) in [6.07, 6.45) is 1.33. The van der Waals surface area contributed by atoms with Crippen molar-refractivity contribution in [1.82, 2.24) is 5.43 Å². The summed E-state index contributed by atoms with van der Waals surface area (Å²) >= 11 is 9.27. The number of benzene rings is 2. The molecule has 0 unspecified atom stereocenters. The summed E-state index contributed by atoms with van der Waals surface area (Å²) in [7, 11) is 0. The number of aryl methyl sites for hydroxylation is 1. The van der Waals surface area contributed by atoms with Gasteiger partial charge in [-0.2, -0.15) is 5.10 Å². The van der Waals surface area contributed by atoms with E-state index in [1.807, 2.05) is 13.8 Å². The van der Waals surface area contributed by atoms with Gasteiger partial charge in [-0.1, -0.05) is 27.5 Å². The smallest absolute Gasteiger partial charge is 0.277 e. The van der Waals surface area contributed by atoms with Crippen LogP contribution in [0.15, 0.2) is 39.9 Å². The number of carbonyl (C=O) groups excluding carboxylic acids is 1. The second-order valence-electron chi connectivity index (χ2n) is 5.27. The number of rotatable bonds is 7. The van der Waals surface area contributed by atoms with Gasteiger partial charge in [0.2, 0.25) is 0 Å². The Labute approximate surface area is 164 Å². The largest absolute Gasteiger partial charge is 0.504 e. The van der Waals surface area contributed by atoms with E-state index in [-0.39, 0.29) is 12.4 Å². The van der Waals surface area contributed by atoms with Crippen molar-refractivity contribution in [2.24, 2.45) is 5.10 Å². The maximum absolute atomic E-state index is 11.8. The van der Waals surface area contributed by atoms with Crippen LogP contribution in [0.5, 0.6) is 17.2 Å². The highest BCUT2D eigenvalue weighted by Gasteiger charge is 2.09. The maximum Gasteiger partial charge on any atom is 0.277 e. The number of ether oxygens (including phenoxy) is 2. The molecule has 0 saturated heterocycles. The minimum Gasteiger partial charge on any atom is -0.504 e. The summed E-state index contributed by atoms with van der Waals surface area (Å²) in [5.41, 5.74) is 3.60. The van der Waals surface area contributed by atoms with Gasteiger partial charge in [0.1, 0.15) is 5.75 Å². The van der Waals surface area contributed by atoms with Crippen LogP contribution in [0.1, 0.15) is 18.1 Å². The quantitative estimate of drug-likeness (QED) is 0.502. The van der Waals surface area contributed by atoms with E-state index >= 15 is 0 Å². The molecule has 2 aromatic rings. The molecule has 26 heavy (non-hydrogen) atoms. The summed E-state index contributed by atoms with van der Waals surface area (Å²) in [6.45, 7) is 3.88. The number of carbonyl (C=O) groups is 1. The van der Waals surface area contributed by atoms with Crippen LogP contribution in [0.25, 0.3) is 0 Å². The van der Waals surface area contributed by atoms with Gasteiger partial charge < -0.3 is 14.6 Å². The standard InChI is InChI=1S/C18H18BrClN2O4/c1-3-25-16-8-13(19)7-12(18(16)24)9-21-22-17(23)10-26-14-4-5-15(20)11(2)6-14/h4-9,24H,3,10H2,1-2H3,(H,22,23)/b21-9+. The number of phenolic OH excluding ortho intramolecular Hbond substituents is 1. The van der Waals surface area contributed by atoms with Crippen molar-refractivity contribution in [3.8, 4) is 17.2 Å². The fourth-order valence-electron chi connectivity index (χ4n) is 2.02. The van der Waals surface area contributed by atoms with Gasteiger partial charge in [0.25, 0.3) is 5.91 Å². The van der Waals surface area contributed by atoms with Crippen molar-refractivity contribution in [3.05, 3.63) is 51.0 Å². The molecule has 0 heterocycles. The minimum absolute atomic E-state index is 0.0547. The molecule has 138 valence electrons. The van der Waals surface area contributed by atoms with Crippen LogP contribution in [0, 0.1) is 6.92 Å². The maximum atomic E-state index is 11.8. The highest BCUT2D eigenvalue weighted by atomic mass is 79.9. The normalized spacial score (nSPS) is 10.8. The van der Waals surface area contributed by atoms with E-state index in [2.05, 4.69) is 26.5 Å². The lowest BCUT2D eigenvalue weighted by Crippen LogP contribution is -2.24. The van der Waals surface area contributed by atoms with Gasteiger partial charge in [0.05, 0.1) is 12.8 Å². The molecule has 0 bridgehead atoms. The number of hydrazone groups is 1. The van der Waals surface area contributed by atoms with Gasteiger partial charge in [-0.3, -0.25) is 4.79 Å². The SMILES string of the molecule is CCOc1cc(Br)cc(/C=N/NC(=O)COc2ccc(Cl)c(C)c2)c1O. The first-order valence-electron chi connectivity index (χ1n) is 7.77. The van der Waals surface area contributed by atoms with E-state index in [0.717, 1.165) is 5.56 Å². The van der Waals surface area contributed by atoms with Crippen LogP contribution in [0.3, 0.4) is 0 Å². The van der Waals surface area contributed by atoms with Crippen LogP contribution in [0.2, 0.25) is 5.02 Å². The highest BCUT2D eigenvalue weighted by Crippen LogP contribution is 2.32. The Hall–Kier alpha value is -2.25. The van der Waals surface area contributed by atoms with Gasteiger partial charge in [0.15, 0.2) is 18.1 Å². The molecule has 0 aromatic heterocycles. The summed E-state index contributed by atoms with van der Waals surface area (Å²) in [5, 5.41) is 14.6. The Morgan fingerprint density at radius 3 is 2.81 bits per heavy atom. The Morgan fingerprint density at radius 2 is 2.12 bits per heavy atom. The summed E-state index contributed by atoms with van der Waals surface area (Å²) in [5.74, 6) is 0.377. The van der Waals surface area contributed by atoms with Crippen molar-refractivity contribution in [1.29, 1.82) is 0 Å². The lowest BCUT2D eigenvalue weighted by Gasteiger charge is -2.09. The lowest BCUT2D eigenvalue weighted by atomic mass is 10.2. The van der Waals surface area contributed by atoms with Crippen LogP contribution in [0.4, 0.5) is 0 Å². The van der Waals surface area contributed by atoms with Crippen molar-refractivity contribution < 1.29 is 19.4 Å². The zero-order chi connectivity index (χ0) is 19.1. The Kier molecular flexibility index (Phi) is 7.29. The molecule has 0 aliphatic rings. The number of nitrogens with one attached hydrogen (secondary N) is 1. The zero-order valence-corrected chi connectivity index (χ0v) is 16.6. The number of hydrogen-bond acceptors (Lipinski definition) is 5. The Balaban J connectivity index is 1.93. The third-order valence-corrected chi connectivity index (χ3v) is 4.14. The Bertz CT molecular complexity index is 827. The molecule has 1 amide bonds. The van der Waals surface area contributed by atoms with Gasteiger partial charge in [-0.05, 0) is 49.7 Å². The van der Waals surface area contributed by atoms with Crippen LogP contribution in [-0.2, 0) is 4.79 Å². The first-order valence-corrected chi connectivity index (χ1v) is 8.94. The Morgan fingerprint density at radius 1 is 1.35 bits per heavy atom. The number of phenols is 1. The van der Waals surface area contributed by atoms with Crippen LogP contribution in [-0.4, -0.2) is 30.4 Å². The zero-order valence-electron chi connectivity index (χ0n) is 14.3. The van der Waals surface area contributed by atoms with E-state index in [0.29, 0.717) is 33.2 Å². The fraction of sp³-hybridized carbons (Fsp3) is 0.222.